The van der Waals surface area contributed by atoms with Crippen LogP contribution in [0.1, 0.15) is 17.7 Å². The van der Waals surface area contributed by atoms with Crippen LogP contribution in [-0.4, -0.2) is 46.5 Å². The van der Waals surface area contributed by atoms with E-state index in [1.807, 2.05) is 6.07 Å². The maximum Gasteiger partial charge on any atom is 0.412 e. The number of terminal acetylenes is 1. The van der Waals surface area contributed by atoms with Crippen LogP contribution >= 0.6 is 0 Å². The Hall–Kier alpha value is -3.90. The van der Waals surface area contributed by atoms with Crippen LogP contribution in [0.2, 0.25) is 0 Å². The number of carbonyl (C=O) groups excluding carboxylic acids is 1. The van der Waals surface area contributed by atoms with Crippen molar-refractivity contribution in [3.05, 3.63) is 59.8 Å². The average Bonchev–Trinajstić information content (AvgIpc) is 2.72. The highest BCUT2D eigenvalue weighted by molar-refractivity contribution is 6.45. The summed E-state index contributed by atoms with van der Waals surface area (Å²) in [7, 11) is 1.32. The second-order valence-electron chi connectivity index (χ2n) is 5.68. The number of benzene rings is 1. The van der Waals surface area contributed by atoms with E-state index in [0.717, 1.165) is 0 Å². The molecule has 0 unspecified atom stereocenters. The van der Waals surface area contributed by atoms with Crippen LogP contribution in [0, 0.1) is 17.8 Å². The Balaban J connectivity index is 2.03. The fraction of sp³-hybridized carbons (Fsp3) is 0.200. The average molecular weight is 395 g/mol. The third-order valence-corrected chi connectivity index (χ3v) is 3.48. The third-order valence-electron chi connectivity index (χ3n) is 3.48. The lowest BCUT2D eigenvalue weighted by molar-refractivity contribution is 0.0148. The van der Waals surface area contributed by atoms with Crippen molar-refractivity contribution >= 4 is 23.5 Å². The van der Waals surface area contributed by atoms with Crippen molar-refractivity contribution in [3.8, 4) is 12.3 Å². The number of anilines is 1. The predicted octanol–water partition coefficient (Wildman–Crippen LogP) is 2.87. The Morgan fingerprint density at radius 1 is 1.31 bits per heavy atom. The van der Waals surface area contributed by atoms with Gasteiger partial charge in [-0.2, -0.15) is 0 Å². The second kappa shape index (κ2) is 11.1. The van der Waals surface area contributed by atoms with Crippen molar-refractivity contribution in [2.24, 2.45) is 5.16 Å². The molecule has 0 radical (unpaired) electrons. The summed E-state index contributed by atoms with van der Waals surface area (Å²) in [5, 5.41) is 24.6. The molecule has 29 heavy (non-hydrogen) atoms. The van der Waals surface area contributed by atoms with Crippen LogP contribution in [0.5, 0.6) is 0 Å². The first-order valence-corrected chi connectivity index (χ1v) is 8.61. The summed E-state index contributed by atoms with van der Waals surface area (Å²) in [5.74, 6) is 2.43. The van der Waals surface area contributed by atoms with E-state index in [-0.39, 0.29) is 30.6 Å². The number of pyridine rings is 1. The van der Waals surface area contributed by atoms with Crippen molar-refractivity contribution < 1.29 is 19.6 Å². The van der Waals surface area contributed by atoms with Crippen molar-refractivity contribution in [2.45, 2.75) is 13.0 Å². The third kappa shape index (κ3) is 6.97. The summed E-state index contributed by atoms with van der Waals surface area (Å²) in [4.78, 5) is 21.2. The van der Waals surface area contributed by atoms with E-state index in [1.54, 1.807) is 42.5 Å². The molecule has 0 bridgehead atoms. The molecule has 0 aliphatic heterocycles. The van der Waals surface area contributed by atoms with Gasteiger partial charge in [0.15, 0.2) is 18.2 Å². The van der Waals surface area contributed by atoms with Gasteiger partial charge in [0.05, 0.1) is 5.69 Å². The van der Waals surface area contributed by atoms with Gasteiger partial charge in [-0.15, -0.1) is 12.3 Å². The molecule has 0 aliphatic rings. The molecule has 1 heterocycles. The van der Waals surface area contributed by atoms with E-state index in [0.29, 0.717) is 22.7 Å². The normalized spacial score (nSPS) is 10.6. The van der Waals surface area contributed by atoms with E-state index in [1.165, 1.54) is 7.05 Å². The number of hydrogen-bond donors (Lipinski definition) is 3. The molecule has 3 N–H and O–H groups in total. The zero-order valence-corrected chi connectivity index (χ0v) is 15.8. The Labute approximate surface area is 168 Å². The molecule has 9 heteroatoms. The summed E-state index contributed by atoms with van der Waals surface area (Å²) in [6, 6.07) is 13.9. The number of hydrogen-bond acceptors (Lipinski definition) is 7. The standard InChI is InChI=1S/C20H21N5O4/c1-3-4-13-28-20(26)23-17-12-8-11-16(22-17)14-29-24-18(19(21)25(2)27)15-9-6-5-7-10-15/h1,5-12,21,27H,4,13-14H2,2H3,(H,22,23,26). The molecule has 1 aromatic carbocycles. The molecule has 2 aromatic rings. The van der Waals surface area contributed by atoms with E-state index >= 15 is 0 Å². The lowest BCUT2D eigenvalue weighted by atomic mass is 10.1. The quantitative estimate of drug-likeness (QED) is 0.208. The van der Waals surface area contributed by atoms with E-state index in [2.05, 4.69) is 21.4 Å². The number of amides is 1. The molecule has 0 saturated carbocycles. The van der Waals surface area contributed by atoms with Gasteiger partial charge in [-0.3, -0.25) is 15.9 Å². The minimum Gasteiger partial charge on any atom is -0.448 e. The molecule has 0 spiro atoms. The first kappa shape index (κ1) is 21.4. The van der Waals surface area contributed by atoms with Gasteiger partial charge in [0.1, 0.15) is 12.4 Å². The lowest BCUT2D eigenvalue weighted by Crippen LogP contribution is -2.30. The first-order valence-electron chi connectivity index (χ1n) is 8.61. The molecular weight excluding hydrogens is 374 g/mol. The Bertz CT molecular complexity index is 907. The highest BCUT2D eigenvalue weighted by atomic mass is 16.6. The number of aromatic nitrogens is 1. The largest absolute Gasteiger partial charge is 0.448 e. The number of amidine groups is 1. The van der Waals surface area contributed by atoms with Crippen LogP contribution < -0.4 is 5.32 Å². The molecule has 9 nitrogen and oxygen atoms in total. The number of hydroxylamine groups is 2. The minimum absolute atomic E-state index is 0.0135. The van der Waals surface area contributed by atoms with Crippen molar-refractivity contribution in [1.82, 2.24) is 10.0 Å². The smallest absolute Gasteiger partial charge is 0.412 e. The monoisotopic (exact) mass is 395 g/mol. The Morgan fingerprint density at radius 2 is 2.07 bits per heavy atom. The van der Waals surface area contributed by atoms with Gasteiger partial charge in [-0.1, -0.05) is 41.6 Å². The number of oxime groups is 1. The van der Waals surface area contributed by atoms with Gasteiger partial charge in [0.2, 0.25) is 0 Å². The van der Waals surface area contributed by atoms with Gasteiger partial charge in [-0.05, 0) is 12.1 Å². The van der Waals surface area contributed by atoms with Crippen molar-refractivity contribution in [2.75, 3.05) is 19.0 Å². The Kier molecular flexibility index (Phi) is 8.16. The molecule has 0 aliphatic carbocycles. The van der Waals surface area contributed by atoms with Crippen LogP contribution in [0.25, 0.3) is 0 Å². The topological polar surface area (TPSA) is 120 Å². The lowest BCUT2D eigenvalue weighted by Gasteiger charge is -2.13. The fourth-order valence-corrected chi connectivity index (χ4v) is 2.12. The summed E-state index contributed by atoms with van der Waals surface area (Å²) < 4.78 is 4.90. The van der Waals surface area contributed by atoms with Gasteiger partial charge in [-0.25, -0.2) is 14.8 Å². The van der Waals surface area contributed by atoms with Crippen LogP contribution in [0.3, 0.4) is 0 Å². The zero-order valence-electron chi connectivity index (χ0n) is 15.8. The summed E-state index contributed by atoms with van der Waals surface area (Å²) in [6.45, 7) is 0.105. The first-order chi connectivity index (χ1) is 14.0. The van der Waals surface area contributed by atoms with E-state index in [4.69, 9.17) is 21.4 Å². The van der Waals surface area contributed by atoms with Gasteiger partial charge < -0.3 is 9.57 Å². The maximum atomic E-state index is 11.7. The summed E-state index contributed by atoms with van der Waals surface area (Å²) in [5.41, 5.74) is 1.25. The molecular formula is C20H21N5O4. The number of likely N-dealkylation sites (N-methyl/N-ethyl adjacent to an activating group) is 1. The fourth-order valence-electron chi connectivity index (χ4n) is 2.12. The number of rotatable bonds is 8. The molecule has 1 amide bonds. The van der Waals surface area contributed by atoms with E-state index in [9.17, 15) is 10.0 Å². The molecule has 0 atom stereocenters. The van der Waals surface area contributed by atoms with Gasteiger partial charge >= 0.3 is 6.09 Å². The molecule has 0 fully saturated rings. The molecule has 2 rings (SSSR count). The molecule has 0 saturated heterocycles. The van der Waals surface area contributed by atoms with Gasteiger partial charge in [0.25, 0.3) is 0 Å². The minimum atomic E-state index is -0.658. The van der Waals surface area contributed by atoms with E-state index < -0.39 is 6.09 Å². The SMILES string of the molecule is C#CCCOC(=O)Nc1cccc(CON=C(C(=N)N(C)O)c2ccccc2)n1. The number of nitrogens with zero attached hydrogens (tertiary/aromatic N) is 3. The summed E-state index contributed by atoms with van der Waals surface area (Å²) >= 11 is 0. The van der Waals surface area contributed by atoms with Gasteiger partial charge in [0, 0.05) is 19.0 Å². The highest BCUT2D eigenvalue weighted by Crippen LogP contribution is 2.09. The van der Waals surface area contributed by atoms with Crippen LogP contribution in [0.15, 0.2) is 53.7 Å². The van der Waals surface area contributed by atoms with Crippen LogP contribution in [-0.2, 0) is 16.2 Å². The summed E-state index contributed by atoms with van der Waals surface area (Å²) in [6.07, 6.45) is 4.77. The number of carbonyl (C=O) groups is 1. The number of ether oxygens (including phenoxy) is 1. The molecule has 150 valence electrons. The Morgan fingerprint density at radius 3 is 2.76 bits per heavy atom. The number of nitrogens with one attached hydrogen (secondary N) is 2. The zero-order chi connectivity index (χ0) is 21.1. The van der Waals surface area contributed by atoms with Crippen LogP contribution in [0.4, 0.5) is 10.6 Å². The maximum absolute atomic E-state index is 11.7. The highest BCUT2D eigenvalue weighted by Gasteiger charge is 2.14. The molecule has 1 aromatic heterocycles. The second-order valence-corrected chi connectivity index (χ2v) is 5.68. The predicted molar refractivity (Wildman–Crippen MR) is 108 cm³/mol. The van der Waals surface area contributed by atoms with Crippen molar-refractivity contribution in [1.29, 1.82) is 5.41 Å². The van der Waals surface area contributed by atoms with Crippen molar-refractivity contribution in [3.63, 3.8) is 0 Å².